The Kier molecular flexibility index (Phi) is 3.55. The van der Waals surface area contributed by atoms with Crippen LogP contribution in [-0.2, 0) is 0 Å². The zero-order chi connectivity index (χ0) is 15.7. The van der Waals surface area contributed by atoms with Crippen LogP contribution in [0.4, 0.5) is 5.69 Å². The summed E-state index contributed by atoms with van der Waals surface area (Å²) < 4.78 is 5.55. The van der Waals surface area contributed by atoms with Crippen LogP contribution in [0.1, 0.15) is 11.1 Å². The first-order valence-electron chi connectivity index (χ1n) is 7.01. The van der Waals surface area contributed by atoms with E-state index in [9.17, 15) is 0 Å². The summed E-state index contributed by atoms with van der Waals surface area (Å²) in [5.41, 5.74) is 11.9. The van der Waals surface area contributed by atoms with E-state index in [1.54, 1.807) is 7.11 Å². The number of H-pyrrole nitrogens is 1. The summed E-state index contributed by atoms with van der Waals surface area (Å²) in [4.78, 5) is 4.27. The van der Waals surface area contributed by atoms with Gasteiger partial charge in [0.15, 0.2) is 5.82 Å². The number of ether oxygens (including phenoxy) is 1. The molecule has 0 atom stereocenters. The van der Waals surface area contributed by atoms with Gasteiger partial charge in [-0.05, 0) is 48.2 Å². The average Bonchev–Trinajstić information content (AvgIpc) is 3.03. The van der Waals surface area contributed by atoms with E-state index in [0.717, 1.165) is 39.3 Å². The number of hydrogen-bond acceptors (Lipinski definition) is 4. The first-order valence-corrected chi connectivity index (χ1v) is 7.01. The Hall–Kier alpha value is -2.82. The van der Waals surface area contributed by atoms with Gasteiger partial charge in [-0.2, -0.15) is 5.10 Å². The van der Waals surface area contributed by atoms with Crippen molar-refractivity contribution in [3.63, 3.8) is 0 Å². The molecule has 3 aromatic rings. The van der Waals surface area contributed by atoms with Gasteiger partial charge in [-0.15, -0.1) is 0 Å². The monoisotopic (exact) mass is 294 g/mol. The fourth-order valence-corrected chi connectivity index (χ4v) is 2.52. The van der Waals surface area contributed by atoms with Gasteiger partial charge in [0.1, 0.15) is 12.1 Å². The van der Waals surface area contributed by atoms with Crippen molar-refractivity contribution in [2.75, 3.05) is 12.8 Å². The van der Waals surface area contributed by atoms with E-state index in [4.69, 9.17) is 10.5 Å². The van der Waals surface area contributed by atoms with Gasteiger partial charge in [0, 0.05) is 5.69 Å². The van der Waals surface area contributed by atoms with E-state index in [2.05, 4.69) is 27.3 Å². The topological polar surface area (TPSA) is 76.8 Å². The molecule has 0 amide bonds. The zero-order valence-corrected chi connectivity index (χ0v) is 12.8. The Morgan fingerprint density at radius 1 is 1.14 bits per heavy atom. The fraction of sp³-hybridized carbons (Fsp3) is 0.176. The molecule has 1 heterocycles. The van der Waals surface area contributed by atoms with Gasteiger partial charge in [-0.25, -0.2) is 4.98 Å². The summed E-state index contributed by atoms with van der Waals surface area (Å²) in [5, 5.41) is 6.86. The predicted molar refractivity (Wildman–Crippen MR) is 87.7 cm³/mol. The second-order valence-corrected chi connectivity index (χ2v) is 5.30. The van der Waals surface area contributed by atoms with E-state index in [1.165, 1.54) is 6.33 Å². The van der Waals surface area contributed by atoms with E-state index in [0.29, 0.717) is 5.82 Å². The molecule has 2 aromatic carbocycles. The summed E-state index contributed by atoms with van der Waals surface area (Å²) in [6.07, 6.45) is 1.49. The van der Waals surface area contributed by atoms with Gasteiger partial charge in [0.2, 0.25) is 0 Å². The lowest BCUT2D eigenvalue weighted by atomic mass is 9.95. The molecule has 0 fully saturated rings. The molecular formula is C17H18N4O. The third-order valence-electron chi connectivity index (χ3n) is 3.71. The van der Waals surface area contributed by atoms with Crippen molar-refractivity contribution in [1.82, 2.24) is 15.2 Å². The minimum atomic E-state index is 0.672. The second kappa shape index (κ2) is 5.52. The molecular weight excluding hydrogens is 276 g/mol. The maximum absolute atomic E-state index is 6.07. The highest BCUT2D eigenvalue weighted by Crippen LogP contribution is 2.39. The second-order valence-electron chi connectivity index (χ2n) is 5.30. The van der Waals surface area contributed by atoms with Crippen LogP contribution in [-0.4, -0.2) is 22.3 Å². The maximum atomic E-state index is 6.07. The SMILES string of the molecule is COc1cc(C)cc(-c2ccc(C)c(N)c2)c1-c1ncn[nH]1. The lowest BCUT2D eigenvalue weighted by Gasteiger charge is -2.15. The van der Waals surface area contributed by atoms with Gasteiger partial charge >= 0.3 is 0 Å². The summed E-state index contributed by atoms with van der Waals surface area (Å²) in [6.45, 7) is 4.03. The Balaban J connectivity index is 2.30. The minimum Gasteiger partial charge on any atom is -0.496 e. The predicted octanol–water partition coefficient (Wildman–Crippen LogP) is 3.35. The van der Waals surface area contributed by atoms with Crippen LogP contribution in [0.3, 0.4) is 0 Å². The first-order chi connectivity index (χ1) is 10.6. The smallest absolute Gasteiger partial charge is 0.159 e. The van der Waals surface area contributed by atoms with Gasteiger partial charge in [-0.3, -0.25) is 5.10 Å². The number of nitrogens with one attached hydrogen (secondary N) is 1. The fourth-order valence-electron chi connectivity index (χ4n) is 2.52. The van der Waals surface area contributed by atoms with Gasteiger partial charge in [0.05, 0.1) is 12.7 Å². The largest absolute Gasteiger partial charge is 0.496 e. The molecule has 0 aliphatic heterocycles. The normalized spacial score (nSPS) is 10.7. The highest BCUT2D eigenvalue weighted by Gasteiger charge is 2.17. The molecule has 22 heavy (non-hydrogen) atoms. The number of anilines is 1. The number of hydrogen-bond donors (Lipinski definition) is 2. The van der Waals surface area contributed by atoms with Crippen LogP contribution in [0.5, 0.6) is 5.75 Å². The number of nitrogen functional groups attached to an aromatic ring is 1. The van der Waals surface area contributed by atoms with Gasteiger partial charge < -0.3 is 10.5 Å². The molecule has 1 aromatic heterocycles. The Bertz CT molecular complexity index is 810. The number of methoxy groups -OCH3 is 1. The van der Waals surface area contributed by atoms with Crippen molar-refractivity contribution in [2.24, 2.45) is 0 Å². The third kappa shape index (κ3) is 2.41. The van der Waals surface area contributed by atoms with Crippen molar-refractivity contribution in [2.45, 2.75) is 13.8 Å². The maximum Gasteiger partial charge on any atom is 0.159 e. The molecule has 0 radical (unpaired) electrons. The standard InChI is InChI=1S/C17H18N4O/c1-10-6-13(12-5-4-11(2)14(18)8-12)16(15(7-10)22-3)17-19-9-20-21-17/h4-9H,18H2,1-3H3,(H,19,20,21). The third-order valence-corrected chi connectivity index (χ3v) is 3.71. The molecule has 0 unspecified atom stereocenters. The molecule has 0 bridgehead atoms. The number of nitrogens with zero attached hydrogens (tertiary/aromatic N) is 2. The zero-order valence-electron chi connectivity index (χ0n) is 12.8. The quantitative estimate of drug-likeness (QED) is 0.726. The van der Waals surface area contributed by atoms with Crippen LogP contribution in [0.2, 0.25) is 0 Å². The molecule has 0 saturated carbocycles. The van der Waals surface area contributed by atoms with Crippen molar-refractivity contribution >= 4 is 5.69 Å². The van der Waals surface area contributed by atoms with Crippen molar-refractivity contribution in [3.05, 3.63) is 47.8 Å². The number of nitrogens with two attached hydrogens (primary N) is 1. The summed E-state index contributed by atoms with van der Waals surface area (Å²) in [6, 6.07) is 10.1. The number of rotatable bonds is 3. The van der Waals surface area contributed by atoms with Crippen LogP contribution < -0.4 is 10.5 Å². The minimum absolute atomic E-state index is 0.672. The molecule has 5 heteroatoms. The summed E-state index contributed by atoms with van der Waals surface area (Å²) in [7, 11) is 1.65. The van der Waals surface area contributed by atoms with E-state index in [1.807, 2.05) is 32.0 Å². The molecule has 112 valence electrons. The van der Waals surface area contributed by atoms with E-state index < -0.39 is 0 Å². The lowest BCUT2D eigenvalue weighted by molar-refractivity contribution is 0.416. The van der Waals surface area contributed by atoms with E-state index >= 15 is 0 Å². The van der Waals surface area contributed by atoms with Crippen molar-refractivity contribution in [1.29, 1.82) is 0 Å². The van der Waals surface area contributed by atoms with Crippen molar-refractivity contribution < 1.29 is 4.74 Å². The number of aromatic amines is 1. The van der Waals surface area contributed by atoms with E-state index in [-0.39, 0.29) is 0 Å². The van der Waals surface area contributed by atoms with Crippen molar-refractivity contribution in [3.8, 4) is 28.3 Å². The highest BCUT2D eigenvalue weighted by atomic mass is 16.5. The lowest BCUT2D eigenvalue weighted by Crippen LogP contribution is -1.96. The number of aromatic nitrogens is 3. The van der Waals surface area contributed by atoms with Gasteiger partial charge in [0.25, 0.3) is 0 Å². The molecule has 0 saturated heterocycles. The van der Waals surface area contributed by atoms with Crippen LogP contribution in [0, 0.1) is 13.8 Å². The van der Waals surface area contributed by atoms with Crippen LogP contribution in [0.15, 0.2) is 36.7 Å². The summed E-state index contributed by atoms with van der Waals surface area (Å²) >= 11 is 0. The molecule has 3 N–H and O–H groups in total. The molecule has 0 aliphatic rings. The highest BCUT2D eigenvalue weighted by molar-refractivity contribution is 5.86. The number of benzene rings is 2. The average molecular weight is 294 g/mol. The summed E-state index contributed by atoms with van der Waals surface area (Å²) in [5.74, 6) is 1.43. The van der Waals surface area contributed by atoms with Crippen LogP contribution in [0.25, 0.3) is 22.5 Å². The number of aryl methyl sites for hydroxylation is 2. The molecule has 0 spiro atoms. The molecule has 5 nitrogen and oxygen atoms in total. The van der Waals surface area contributed by atoms with Gasteiger partial charge in [-0.1, -0.05) is 18.2 Å². The van der Waals surface area contributed by atoms with Crippen LogP contribution >= 0.6 is 0 Å². The molecule has 3 rings (SSSR count). The molecule has 0 aliphatic carbocycles. The first kappa shape index (κ1) is 14.1. The Morgan fingerprint density at radius 2 is 1.95 bits per heavy atom. The Morgan fingerprint density at radius 3 is 2.59 bits per heavy atom. The Labute approximate surface area is 129 Å².